The number of piperidine rings is 1. The van der Waals surface area contributed by atoms with Crippen molar-refractivity contribution in [1.82, 2.24) is 4.90 Å². The Morgan fingerprint density at radius 1 is 1.30 bits per heavy atom. The van der Waals surface area contributed by atoms with Crippen molar-refractivity contribution < 1.29 is 19.0 Å². The molecule has 2 saturated heterocycles. The minimum Gasteiger partial charge on any atom is -0.484 e. The van der Waals surface area contributed by atoms with Gasteiger partial charge in [0.05, 0.1) is 19.3 Å². The minimum absolute atomic E-state index is 0.0658. The Balaban J connectivity index is 1.44. The number of carbonyl (C=O) groups excluding carboxylic acids is 1. The zero-order valence-corrected chi connectivity index (χ0v) is 13.7. The van der Waals surface area contributed by atoms with E-state index in [1.807, 2.05) is 35.2 Å². The summed E-state index contributed by atoms with van der Waals surface area (Å²) in [5.41, 5.74) is 0.236. The summed E-state index contributed by atoms with van der Waals surface area (Å²) in [6, 6.07) is 9.47. The van der Waals surface area contributed by atoms with Crippen LogP contribution < -0.4 is 4.74 Å². The molecule has 1 amide bonds. The van der Waals surface area contributed by atoms with Crippen LogP contribution in [0.1, 0.15) is 19.3 Å². The van der Waals surface area contributed by atoms with Gasteiger partial charge in [0.1, 0.15) is 5.75 Å². The molecule has 1 aromatic rings. The van der Waals surface area contributed by atoms with E-state index < -0.39 is 0 Å². The fraction of sp³-hybridized carbons (Fsp3) is 0.611. The summed E-state index contributed by atoms with van der Waals surface area (Å²) in [5.74, 6) is 0.803. The molecule has 5 heteroatoms. The molecule has 1 atom stereocenters. The molecule has 0 unspecified atom stereocenters. The quantitative estimate of drug-likeness (QED) is 0.834. The van der Waals surface area contributed by atoms with Crippen LogP contribution in [0, 0.1) is 5.41 Å². The average Bonchev–Trinajstić information content (AvgIpc) is 2.97. The van der Waals surface area contributed by atoms with Crippen molar-refractivity contribution in [2.75, 3.05) is 40.0 Å². The number of methoxy groups -OCH3 is 1. The summed E-state index contributed by atoms with van der Waals surface area (Å²) in [6.07, 6.45) is 3.27. The first kappa shape index (κ1) is 16.3. The highest BCUT2D eigenvalue weighted by Gasteiger charge is 2.42. The van der Waals surface area contributed by atoms with Crippen LogP contribution in [-0.4, -0.2) is 56.9 Å². The van der Waals surface area contributed by atoms with Crippen molar-refractivity contribution in [2.24, 2.45) is 5.41 Å². The SMILES string of the molecule is COC[C@@H]1CC2(CCN(C(=O)COc3ccccc3)CC2)CO1. The third-order valence-corrected chi connectivity index (χ3v) is 4.92. The molecular weight excluding hydrogens is 294 g/mol. The molecule has 126 valence electrons. The highest BCUT2D eigenvalue weighted by atomic mass is 16.5. The van der Waals surface area contributed by atoms with Crippen LogP contribution >= 0.6 is 0 Å². The summed E-state index contributed by atoms with van der Waals surface area (Å²) in [4.78, 5) is 14.2. The van der Waals surface area contributed by atoms with E-state index in [-0.39, 0.29) is 24.0 Å². The third kappa shape index (κ3) is 4.03. The Labute approximate surface area is 137 Å². The first-order valence-electron chi connectivity index (χ1n) is 8.27. The van der Waals surface area contributed by atoms with Gasteiger partial charge in [-0.25, -0.2) is 0 Å². The Kier molecular flexibility index (Phi) is 5.18. The predicted octanol–water partition coefficient (Wildman–Crippen LogP) is 2.11. The van der Waals surface area contributed by atoms with Crippen LogP contribution in [0.3, 0.4) is 0 Å². The van der Waals surface area contributed by atoms with Crippen molar-refractivity contribution in [3.8, 4) is 5.75 Å². The molecule has 2 aliphatic rings. The lowest BCUT2D eigenvalue weighted by atomic mass is 9.76. The predicted molar refractivity (Wildman–Crippen MR) is 86.4 cm³/mol. The van der Waals surface area contributed by atoms with Gasteiger partial charge in [-0.05, 0) is 36.8 Å². The van der Waals surface area contributed by atoms with Crippen molar-refractivity contribution in [3.63, 3.8) is 0 Å². The molecule has 2 heterocycles. The van der Waals surface area contributed by atoms with E-state index in [9.17, 15) is 4.79 Å². The summed E-state index contributed by atoms with van der Waals surface area (Å²) < 4.78 is 16.6. The maximum Gasteiger partial charge on any atom is 0.260 e. The zero-order valence-electron chi connectivity index (χ0n) is 13.7. The maximum atomic E-state index is 12.3. The lowest BCUT2D eigenvalue weighted by Crippen LogP contribution is -2.45. The molecule has 5 nitrogen and oxygen atoms in total. The Hall–Kier alpha value is -1.59. The van der Waals surface area contributed by atoms with Gasteiger partial charge in [-0.2, -0.15) is 0 Å². The van der Waals surface area contributed by atoms with Crippen molar-refractivity contribution >= 4 is 5.91 Å². The minimum atomic E-state index is 0.0658. The lowest BCUT2D eigenvalue weighted by molar-refractivity contribution is -0.135. The van der Waals surface area contributed by atoms with E-state index in [4.69, 9.17) is 14.2 Å². The molecule has 0 N–H and O–H groups in total. The second-order valence-electron chi connectivity index (χ2n) is 6.57. The molecule has 0 radical (unpaired) electrons. The first-order valence-corrected chi connectivity index (χ1v) is 8.27. The van der Waals surface area contributed by atoms with E-state index in [0.29, 0.717) is 6.61 Å². The van der Waals surface area contributed by atoms with Crippen molar-refractivity contribution in [1.29, 1.82) is 0 Å². The molecule has 1 aromatic carbocycles. The average molecular weight is 319 g/mol. The monoisotopic (exact) mass is 319 g/mol. The van der Waals surface area contributed by atoms with Gasteiger partial charge in [0.15, 0.2) is 6.61 Å². The van der Waals surface area contributed by atoms with Crippen LogP contribution in [0.4, 0.5) is 0 Å². The van der Waals surface area contributed by atoms with Gasteiger partial charge in [-0.15, -0.1) is 0 Å². The molecule has 23 heavy (non-hydrogen) atoms. The largest absolute Gasteiger partial charge is 0.484 e. The molecule has 2 aliphatic heterocycles. The van der Waals surface area contributed by atoms with Crippen LogP contribution in [-0.2, 0) is 14.3 Å². The zero-order chi connectivity index (χ0) is 16.1. The van der Waals surface area contributed by atoms with Crippen LogP contribution in [0.5, 0.6) is 5.75 Å². The van der Waals surface area contributed by atoms with E-state index in [0.717, 1.165) is 44.7 Å². The summed E-state index contributed by atoms with van der Waals surface area (Å²) in [7, 11) is 1.71. The number of likely N-dealkylation sites (tertiary alicyclic amines) is 1. The van der Waals surface area contributed by atoms with Crippen molar-refractivity contribution in [3.05, 3.63) is 30.3 Å². The second-order valence-corrected chi connectivity index (χ2v) is 6.57. The van der Waals surface area contributed by atoms with Gasteiger partial charge in [-0.1, -0.05) is 18.2 Å². The van der Waals surface area contributed by atoms with E-state index in [2.05, 4.69) is 0 Å². The Morgan fingerprint density at radius 3 is 2.74 bits per heavy atom. The number of carbonyl (C=O) groups is 1. The molecule has 0 bridgehead atoms. The first-order chi connectivity index (χ1) is 11.2. The maximum absolute atomic E-state index is 12.3. The fourth-order valence-corrected chi connectivity index (χ4v) is 3.52. The number of amides is 1. The molecule has 0 saturated carbocycles. The summed E-state index contributed by atoms with van der Waals surface area (Å²) in [5, 5.41) is 0. The van der Waals surface area contributed by atoms with E-state index in [1.165, 1.54) is 0 Å². The number of hydrogen-bond acceptors (Lipinski definition) is 4. The standard InChI is InChI=1S/C18H25NO4/c1-21-12-16-11-18(14-23-16)7-9-19(10-8-18)17(20)13-22-15-5-3-2-4-6-15/h2-6,16H,7-14H2,1H3/t16-/m0/s1. The van der Waals surface area contributed by atoms with E-state index in [1.54, 1.807) is 7.11 Å². The van der Waals surface area contributed by atoms with Gasteiger partial charge in [0.25, 0.3) is 5.91 Å². The lowest BCUT2D eigenvalue weighted by Gasteiger charge is -2.38. The number of ether oxygens (including phenoxy) is 3. The van der Waals surface area contributed by atoms with Gasteiger partial charge in [-0.3, -0.25) is 4.79 Å². The topological polar surface area (TPSA) is 48.0 Å². The Bertz CT molecular complexity index is 511. The smallest absolute Gasteiger partial charge is 0.260 e. The summed E-state index contributed by atoms with van der Waals surface area (Å²) in [6.45, 7) is 3.15. The number of para-hydroxylation sites is 1. The Morgan fingerprint density at radius 2 is 2.04 bits per heavy atom. The highest BCUT2D eigenvalue weighted by molar-refractivity contribution is 5.77. The van der Waals surface area contributed by atoms with Gasteiger partial charge < -0.3 is 19.1 Å². The molecule has 0 aromatic heterocycles. The van der Waals surface area contributed by atoms with Crippen LogP contribution in [0.15, 0.2) is 30.3 Å². The number of benzene rings is 1. The normalized spacial score (nSPS) is 23.2. The van der Waals surface area contributed by atoms with Crippen molar-refractivity contribution in [2.45, 2.75) is 25.4 Å². The molecular formula is C18H25NO4. The molecule has 3 rings (SSSR count). The molecule has 1 spiro atoms. The highest BCUT2D eigenvalue weighted by Crippen LogP contribution is 2.41. The molecule has 0 aliphatic carbocycles. The molecule has 2 fully saturated rings. The number of nitrogens with zero attached hydrogens (tertiary/aromatic N) is 1. The van der Waals surface area contributed by atoms with Crippen LogP contribution in [0.25, 0.3) is 0 Å². The number of rotatable bonds is 5. The summed E-state index contributed by atoms with van der Waals surface area (Å²) >= 11 is 0. The van der Waals surface area contributed by atoms with Gasteiger partial charge in [0, 0.05) is 20.2 Å². The fourth-order valence-electron chi connectivity index (χ4n) is 3.52. The van der Waals surface area contributed by atoms with Gasteiger partial charge >= 0.3 is 0 Å². The second kappa shape index (κ2) is 7.32. The van der Waals surface area contributed by atoms with Crippen LogP contribution in [0.2, 0.25) is 0 Å². The third-order valence-electron chi connectivity index (χ3n) is 4.92. The van der Waals surface area contributed by atoms with E-state index >= 15 is 0 Å². The number of hydrogen-bond donors (Lipinski definition) is 0. The van der Waals surface area contributed by atoms with Gasteiger partial charge in [0.2, 0.25) is 0 Å².